The van der Waals surface area contributed by atoms with Gasteiger partial charge in [0.25, 0.3) is 0 Å². The van der Waals surface area contributed by atoms with Crippen molar-refractivity contribution in [1.29, 1.82) is 0 Å². The minimum Gasteiger partial charge on any atom is -0.398 e. The summed E-state index contributed by atoms with van der Waals surface area (Å²) in [5.41, 5.74) is 8.18. The van der Waals surface area contributed by atoms with Crippen LogP contribution in [0.25, 0.3) is 10.2 Å². The van der Waals surface area contributed by atoms with Crippen molar-refractivity contribution in [3.05, 3.63) is 54.1 Å². The average Bonchev–Trinajstić information content (AvgIpc) is 2.83. The van der Waals surface area contributed by atoms with Gasteiger partial charge in [-0.25, -0.2) is 4.98 Å². The molecule has 0 aliphatic heterocycles. The SMILES string of the molecule is Nc1ccccc1CC(=O)Nc1nc2ccccc2s1. The molecular weight excluding hydrogens is 270 g/mol. The van der Waals surface area contributed by atoms with E-state index in [4.69, 9.17) is 5.73 Å². The number of aromatic nitrogens is 1. The van der Waals surface area contributed by atoms with Crippen LogP contribution in [0, 0.1) is 0 Å². The van der Waals surface area contributed by atoms with Crippen molar-refractivity contribution in [1.82, 2.24) is 4.98 Å². The van der Waals surface area contributed by atoms with Crippen LogP contribution in [0.1, 0.15) is 5.56 Å². The number of fused-ring (bicyclic) bond motifs is 1. The molecule has 0 saturated carbocycles. The summed E-state index contributed by atoms with van der Waals surface area (Å²) < 4.78 is 1.06. The molecule has 0 saturated heterocycles. The summed E-state index contributed by atoms with van der Waals surface area (Å²) in [7, 11) is 0. The third kappa shape index (κ3) is 2.62. The molecule has 5 heteroatoms. The molecule has 0 aliphatic rings. The largest absolute Gasteiger partial charge is 0.398 e. The van der Waals surface area contributed by atoms with Crippen LogP contribution < -0.4 is 11.1 Å². The number of rotatable bonds is 3. The molecule has 1 amide bonds. The van der Waals surface area contributed by atoms with E-state index in [1.54, 1.807) is 6.07 Å². The molecular formula is C15H13N3OS. The standard InChI is InChI=1S/C15H13N3OS/c16-11-6-2-1-5-10(11)9-14(19)18-15-17-12-7-3-4-8-13(12)20-15/h1-8H,9,16H2,(H,17,18,19). The first-order valence-corrected chi connectivity index (χ1v) is 7.03. The van der Waals surface area contributed by atoms with Crippen LogP contribution in [0.3, 0.4) is 0 Å². The minimum atomic E-state index is -0.109. The summed E-state index contributed by atoms with van der Waals surface area (Å²) in [4.78, 5) is 16.4. The molecule has 1 heterocycles. The third-order valence-corrected chi connectivity index (χ3v) is 3.90. The van der Waals surface area contributed by atoms with Crippen LogP contribution in [-0.2, 0) is 11.2 Å². The zero-order valence-corrected chi connectivity index (χ0v) is 11.5. The van der Waals surface area contributed by atoms with Gasteiger partial charge in [0.15, 0.2) is 5.13 Å². The van der Waals surface area contributed by atoms with Gasteiger partial charge in [-0.1, -0.05) is 41.7 Å². The van der Waals surface area contributed by atoms with Gasteiger partial charge < -0.3 is 11.1 Å². The van der Waals surface area contributed by atoms with E-state index in [2.05, 4.69) is 10.3 Å². The second-order valence-electron chi connectivity index (χ2n) is 4.41. The highest BCUT2D eigenvalue weighted by atomic mass is 32.1. The van der Waals surface area contributed by atoms with Crippen molar-refractivity contribution in [2.24, 2.45) is 0 Å². The smallest absolute Gasteiger partial charge is 0.230 e. The molecule has 3 aromatic rings. The average molecular weight is 283 g/mol. The maximum Gasteiger partial charge on any atom is 0.230 e. The zero-order chi connectivity index (χ0) is 13.9. The Labute approximate surface area is 120 Å². The number of benzene rings is 2. The molecule has 0 radical (unpaired) electrons. The Morgan fingerprint density at radius 2 is 1.90 bits per heavy atom. The van der Waals surface area contributed by atoms with Crippen LogP contribution in [0.4, 0.5) is 10.8 Å². The van der Waals surface area contributed by atoms with Crippen molar-refractivity contribution in [3.8, 4) is 0 Å². The number of carbonyl (C=O) groups is 1. The number of hydrogen-bond donors (Lipinski definition) is 2. The minimum absolute atomic E-state index is 0.109. The van der Waals surface area contributed by atoms with E-state index in [0.717, 1.165) is 15.8 Å². The van der Waals surface area contributed by atoms with Crippen LogP contribution in [0.15, 0.2) is 48.5 Å². The second kappa shape index (κ2) is 5.30. The summed E-state index contributed by atoms with van der Waals surface area (Å²) in [5, 5.41) is 3.44. The second-order valence-corrected chi connectivity index (χ2v) is 5.44. The maximum absolute atomic E-state index is 12.0. The summed E-state index contributed by atoms with van der Waals surface area (Å²) >= 11 is 1.47. The summed E-state index contributed by atoms with van der Waals surface area (Å²) in [6.45, 7) is 0. The lowest BCUT2D eigenvalue weighted by Crippen LogP contribution is -2.15. The van der Waals surface area contributed by atoms with Crippen molar-refractivity contribution < 1.29 is 4.79 Å². The highest BCUT2D eigenvalue weighted by Crippen LogP contribution is 2.25. The number of nitrogens with zero attached hydrogens (tertiary/aromatic N) is 1. The summed E-state index contributed by atoms with van der Waals surface area (Å²) in [5.74, 6) is -0.109. The normalized spacial score (nSPS) is 10.6. The molecule has 0 atom stereocenters. The van der Waals surface area contributed by atoms with Gasteiger partial charge in [0.2, 0.25) is 5.91 Å². The quantitative estimate of drug-likeness (QED) is 0.726. The number of carbonyl (C=O) groups excluding carboxylic acids is 1. The fraction of sp³-hybridized carbons (Fsp3) is 0.0667. The lowest BCUT2D eigenvalue weighted by Gasteiger charge is -2.04. The van der Waals surface area contributed by atoms with Gasteiger partial charge >= 0.3 is 0 Å². The van der Waals surface area contributed by atoms with E-state index in [0.29, 0.717) is 10.8 Å². The van der Waals surface area contributed by atoms with Gasteiger partial charge in [-0.2, -0.15) is 0 Å². The molecule has 100 valence electrons. The molecule has 4 nitrogen and oxygen atoms in total. The monoisotopic (exact) mass is 283 g/mol. The van der Waals surface area contributed by atoms with Crippen LogP contribution in [0.5, 0.6) is 0 Å². The Morgan fingerprint density at radius 1 is 1.15 bits per heavy atom. The molecule has 0 bridgehead atoms. The molecule has 1 aromatic heterocycles. The van der Waals surface area contributed by atoms with Crippen molar-refractivity contribution in [2.45, 2.75) is 6.42 Å². The van der Waals surface area contributed by atoms with E-state index in [9.17, 15) is 4.79 Å². The predicted octanol–water partition coefficient (Wildman–Crippen LogP) is 3.06. The molecule has 0 unspecified atom stereocenters. The Bertz CT molecular complexity index is 733. The molecule has 3 rings (SSSR count). The van der Waals surface area contributed by atoms with E-state index >= 15 is 0 Å². The van der Waals surface area contributed by atoms with Crippen LogP contribution in [0.2, 0.25) is 0 Å². The van der Waals surface area contributed by atoms with E-state index < -0.39 is 0 Å². The number of para-hydroxylation sites is 2. The van der Waals surface area contributed by atoms with Gasteiger partial charge in [0.05, 0.1) is 16.6 Å². The lowest BCUT2D eigenvalue weighted by atomic mass is 10.1. The summed E-state index contributed by atoms with van der Waals surface area (Å²) in [6.07, 6.45) is 0.253. The molecule has 3 N–H and O–H groups in total. The van der Waals surface area contributed by atoms with Gasteiger partial charge in [-0.3, -0.25) is 4.79 Å². The highest BCUT2D eigenvalue weighted by molar-refractivity contribution is 7.22. The topological polar surface area (TPSA) is 68.0 Å². The summed E-state index contributed by atoms with van der Waals surface area (Å²) in [6, 6.07) is 15.2. The molecule has 0 fully saturated rings. The first-order valence-electron chi connectivity index (χ1n) is 6.21. The van der Waals surface area contributed by atoms with Crippen molar-refractivity contribution >= 4 is 38.3 Å². The first-order chi connectivity index (χ1) is 9.72. The number of nitrogen functional groups attached to an aromatic ring is 1. The predicted molar refractivity (Wildman–Crippen MR) is 82.8 cm³/mol. The molecule has 0 aliphatic carbocycles. The van der Waals surface area contributed by atoms with Crippen LogP contribution >= 0.6 is 11.3 Å². The molecule has 0 spiro atoms. The van der Waals surface area contributed by atoms with Gasteiger partial charge in [-0.05, 0) is 23.8 Å². The Balaban J connectivity index is 1.74. The highest BCUT2D eigenvalue weighted by Gasteiger charge is 2.09. The fourth-order valence-electron chi connectivity index (χ4n) is 1.96. The van der Waals surface area contributed by atoms with Gasteiger partial charge in [0, 0.05) is 5.69 Å². The van der Waals surface area contributed by atoms with E-state index in [1.807, 2.05) is 42.5 Å². The maximum atomic E-state index is 12.0. The number of thiazole rings is 1. The van der Waals surface area contributed by atoms with Crippen molar-refractivity contribution in [2.75, 3.05) is 11.1 Å². The number of hydrogen-bond acceptors (Lipinski definition) is 4. The lowest BCUT2D eigenvalue weighted by molar-refractivity contribution is -0.115. The number of nitrogens with one attached hydrogen (secondary N) is 1. The van der Waals surface area contributed by atoms with Gasteiger partial charge in [0.1, 0.15) is 0 Å². The van der Waals surface area contributed by atoms with E-state index in [-0.39, 0.29) is 12.3 Å². The molecule has 2 aromatic carbocycles. The fourth-order valence-corrected chi connectivity index (χ4v) is 2.84. The van der Waals surface area contributed by atoms with Crippen molar-refractivity contribution in [3.63, 3.8) is 0 Å². The Morgan fingerprint density at radius 3 is 2.70 bits per heavy atom. The van der Waals surface area contributed by atoms with E-state index in [1.165, 1.54) is 11.3 Å². The number of anilines is 2. The first kappa shape index (κ1) is 12.6. The zero-order valence-electron chi connectivity index (χ0n) is 10.7. The van der Waals surface area contributed by atoms with Gasteiger partial charge in [-0.15, -0.1) is 0 Å². The Kier molecular flexibility index (Phi) is 3.35. The Hall–Kier alpha value is -2.40. The van der Waals surface area contributed by atoms with Crippen LogP contribution in [-0.4, -0.2) is 10.9 Å². The molecule has 20 heavy (non-hydrogen) atoms. The number of nitrogens with two attached hydrogens (primary N) is 1. The third-order valence-electron chi connectivity index (χ3n) is 2.95. The number of amides is 1.